The first-order valence-corrected chi connectivity index (χ1v) is 32.2. The van der Waals surface area contributed by atoms with Crippen molar-refractivity contribution in [2.75, 3.05) is 129 Å². The second-order valence-corrected chi connectivity index (χ2v) is 25.0. The number of thioether (sulfide) groups is 1. The first-order valence-electron chi connectivity index (χ1n) is 29.9. The van der Waals surface area contributed by atoms with Gasteiger partial charge in [-0.05, 0) is 116 Å². The number of carbonyl (C=O) groups excluding carboxylic acids is 6. The molecule has 4 heterocycles. The number of carbonyl (C=O) groups is 9. The molecule has 2 aromatic carbocycles. The number of pyridine rings is 1. The van der Waals surface area contributed by atoms with Crippen LogP contribution in [0.15, 0.2) is 54.7 Å². The largest absolute Gasteiger partial charge is 0.494 e. The number of nitrogens with zero attached hydrogens (tertiary/aromatic N) is 8. The van der Waals surface area contributed by atoms with E-state index in [1.165, 1.54) is 24.0 Å². The van der Waals surface area contributed by atoms with Gasteiger partial charge in [0.15, 0.2) is 0 Å². The number of ether oxygens (including phenoxy) is 1. The predicted octanol–water partition coefficient (Wildman–Crippen LogP) is 2.45. The van der Waals surface area contributed by atoms with Crippen LogP contribution in [0.1, 0.15) is 74.2 Å². The third-order valence-corrected chi connectivity index (χ3v) is 17.5. The molecule has 0 radical (unpaired) electrons. The number of hydrogen-bond donors (Lipinski definition) is 7. The number of aryl methyl sites for hydroxylation is 1. The van der Waals surface area contributed by atoms with Crippen LogP contribution in [0.5, 0.6) is 5.75 Å². The topological polar surface area (TPSA) is 328 Å². The van der Waals surface area contributed by atoms with Gasteiger partial charge in [0.2, 0.25) is 29.5 Å². The first kappa shape index (κ1) is 71.2. The van der Waals surface area contributed by atoms with Crippen molar-refractivity contribution in [1.82, 2.24) is 55.7 Å². The minimum absolute atomic E-state index is 0.0920. The SMILES string of the molecule is C[C@H](NC(=O)[C@H](CSCCNC(=O)CCCc1ccc(I)cc1)NC(=O)CN1CCN(CC(=O)O)CCN(CC(=O)O)CCN(CC(=O)O)CC1)C(=O)N1CCC(CCCCOc2ccc3nccc(C(=O)NCC(=O)N4CC(F)(F)C[C@@H]4C#N)c3c2)CC1. The Bertz CT molecular complexity index is 2930. The molecular formula is C60H81F2IN12O13S. The number of piperidine rings is 1. The van der Waals surface area contributed by atoms with Crippen molar-refractivity contribution in [3.05, 3.63) is 69.4 Å². The summed E-state index contributed by atoms with van der Waals surface area (Å²) in [6, 6.07) is 13.1. The van der Waals surface area contributed by atoms with Crippen LogP contribution in [0.25, 0.3) is 10.9 Å². The van der Waals surface area contributed by atoms with E-state index in [-0.39, 0.29) is 102 Å². The smallest absolute Gasteiger partial charge is 0.317 e. The Morgan fingerprint density at radius 1 is 0.775 bits per heavy atom. The number of amides is 6. The zero-order chi connectivity index (χ0) is 64.5. The molecule has 6 amide bonds. The van der Waals surface area contributed by atoms with Gasteiger partial charge in [0.05, 0.1) is 63.0 Å². The van der Waals surface area contributed by atoms with Crippen LogP contribution in [0.2, 0.25) is 0 Å². The Morgan fingerprint density at radius 3 is 1.98 bits per heavy atom. The van der Waals surface area contributed by atoms with Crippen molar-refractivity contribution < 1.29 is 72.0 Å². The zero-order valence-corrected chi connectivity index (χ0v) is 53.0. The number of carboxylic acid groups (broad SMARTS) is 3. The second kappa shape index (κ2) is 36.1. The molecule has 486 valence electrons. The summed E-state index contributed by atoms with van der Waals surface area (Å²) in [5.74, 6) is -8.06. The van der Waals surface area contributed by atoms with Crippen molar-refractivity contribution in [3.8, 4) is 11.8 Å². The summed E-state index contributed by atoms with van der Waals surface area (Å²) < 4.78 is 35.0. The monoisotopic (exact) mass is 1370 g/mol. The third kappa shape index (κ3) is 24.8. The molecule has 3 atom stereocenters. The molecule has 0 saturated carbocycles. The molecule has 3 aliphatic heterocycles. The maximum Gasteiger partial charge on any atom is 0.317 e. The predicted molar refractivity (Wildman–Crippen MR) is 334 cm³/mol. The normalized spacial score (nSPS) is 18.1. The highest BCUT2D eigenvalue weighted by Gasteiger charge is 2.47. The molecule has 3 fully saturated rings. The molecule has 0 spiro atoms. The summed E-state index contributed by atoms with van der Waals surface area (Å²) in [6.45, 7) is 2.05. The maximum atomic E-state index is 14.1. The van der Waals surface area contributed by atoms with E-state index >= 15 is 0 Å². The quantitative estimate of drug-likeness (QED) is 0.0372. The minimum Gasteiger partial charge on any atom is -0.494 e. The fourth-order valence-electron chi connectivity index (χ4n) is 10.8. The van der Waals surface area contributed by atoms with Gasteiger partial charge < -0.3 is 51.1 Å². The summed E-state index contributed by atoms with van der Waals surface area (Å²) in [6.07, 6.45) is 6.35. The number of unbranched alkanes of at least 4 members (excludes halogenated alkanes) is 1. The number of alkyl halides is 2. The Morgan fingerprint density at radius 2 is 1.38 bits per heavy atom. The standard InChI is InChI=1S/C60H81F2IN12O13S/c1-41(59(87)74-19-15-43(16-20-74)5-2-3-29-88-46-12-13-49-48(31-46)47(14-17-65-49)57(85)67-34-53(78)75-40-60(61,62)32-45(75)33-64)68-58(86)50(39-89-30-18-66-51(76)7-4-6-42-8-10-44(63)11-9-42)69-52(77)35-70-21-23-71(36-54(79)80)25-27-73(38-56(83)84)28-26-72(24-22-70)37-55(81)82/h8-14,17,31,41,43,45,50H,2-7,15-16,18-30,32,34-40H2,1H3,(H,66,76)(H,67,85)(H,68,86)(H,69,77)(H,79,80)(H,81,82)(H,83,84)/t41-,45+,50-/m0/s1. The molecule has 0 unspecified atom stereocenters. The summed E-state index contributed by atoms with van der Waals surface area (Å²) in [5.41, 5.74) is 1.83. The molecule has 3 aromatic rings. The number of aromatic nitrogens is 1. The van der Waals surface area contributed by atoms with Crippen LogP contribution < -0.4 is 26.0 Å². The van der Waals surface area contributed by atoms with Gasteiger partial charge in [-0.1, -0.05) is 18.6 Å². The number of rotatable bonds is 30. The highest BCUT2D eigenvalue weighted by atomic mass is 127. The summed E-state index contributed by atoms with van der Waals surface area (Å²) in [4.78, 5) is 130. The molecule has 25 nitrogen and oxygen atoms in total. The first-order chi connectivity index (χ1) is 42.5. The lowest BCUT2D eigenvalue weighted by Crippen LogP contribution is -2.56. The molecule has 0 aliphatic carbocycles. The maximum absolute atomic E-state index is 14.1. The van der Waals surface area contributed by atoms with E-state index in [1.807, 2.05) is 24.3 Å². The van der Waals surface area contributed by atoms with E-state index in [9.17, 15) is 72.5 Å². The highest BCUT2D eigenvalue weighted by molar-refractivity contribution is 14.1. The van der Waals surface area contributed by atoms with E-state index < -0.39 is 85.1 Å². The van der Waals surface area contributed by atoms with Gasteiger partial charge in [0.1, 0.15) is 23.9 Å². The molecule has 3 saturated heterocycles. The van der Waals surface area contributed by atoms with Crippen LogP contribution in [0, 0.1) is 20.8 Å². The number of halogens is 3. The Hall–Kier alpha value is -6.85. The summed E-state index contributed by atoms with van der Waals surface area (Å²) >= 11 is 3.57. The van der Waals surface area contributed by atoms with Gasteiger partial charge in [-0.25, -0.2) is 8.78 Å². The van der Waals surface area contributed by atoms with Gasteiger partial charge in [0, 0.05) is 111 Å². The number of nitriles is 1. The van der Waals surface area contributed by atoms with Crippen LogP contribution in [0.3, 0.4) is 0 Å². The van der Waals surface area contributed by atoms with Crippen LogP contribution in [0.4, 0.5) is 8.78 Å². The molecule has 3 aliphatic rings. The molecule has 29 heteroatoms. The fraction of sp³-hybridized carbons (Fsp3) is 0.583. The minimum atomic E-state index is -3.19. The van der Waals surface area contributed by atoms with Gasteiger partial charge in [0.25, 0.3) is 11.8 Å². The number of aliphatic carboxylic acids is 3. The Kier molecular flexibility index (Phi) is 28.9. The van der Waals surface area contributed by atoms with Crippen LogP contribution in [-0.2, 0) is 44.8 Å². The molecule has 0 bridgehead atoms. The van der Waals surface area contributed by atoms with Crippen molar-refractivity contribution in [2.45, 2.75) is 88.8 Å². The fourth-order valence-corrected chi connectivity index (χ4v) is 12.1. The van der Waals surface area contributed by atoms with Crippen molar-refractivity contribution >= 4 is 98.6 Å². The van der Waals surface area contributed by atoms with E-state index in [1.54, 1.807) is 55.7 Å². The van der Waals surface area contributed by atoms with Crippen LogP contribution >= 0.6 is 34.4 Å². The molecule has 6 rings (SSSR count). The van der Waals surface area contributed by atoms with Crippen molar-refractivity contribution in [1.29, 1.82) is 5.26 Å². The van der Waals surface area contributed by atoms with Gasteiger partial charge in [-0.15, -0.1) is 0 Å². The highest BCUT2D eigenvalue weighted by Crippen LogP contribution is 2.32. The lowest BCUT2D eigenvalue weighted by molar-refractivity contribution is -0.140. The average Bonchev–Trinajstić information content (AvgIpc) is 1.85. The number of carboxylic acids is 3. The van der Waals surface area contributed by atoms with E-state index in [0.717, 1.165) is 46.1 Å². The van der Waals surface area contributed by atoms with E-state index in [0.29, 0.717) is 73.8 Å². The Labute approximate surface area is 534 Å². The molecular weight excluding hydrogens is 1290 g/mol. The van der Waals surface area contributed by atoms with Gasteiger partial charge >= 0.3 is 17.9 Å². The number of fused-ring (bicyclic) bond motifs is 1. The van der Waals surface area contributed by atoms with Gasteiger partial charge in [-0.3, -0.25) is 67.7 Å². The van der Waals surface area contributed by atoms with Crippen molar-refractivity contribution in [3.63, 3.8) is 0 Å². The molecule has 89 heavy (non-hydrogen) atoms. The lowest BCUT2D eigenvalue weighted by Gasteiger charge is -2.34. The lowest BCUT2D eigenvalue weighted by atomic mass is 9.91. The zero-order valence-electron chi connectivity index (χ0n) is 50.1. The van der Waals surface area contributed by atoms with Crippen LogP contribution in [-0.4, -0.2) is 256 Å². The summed E-state index contributed by atoms with van der Waals surface area (Å²) in [5, 5.41) is 49.7. The van der Waals surface area contributed by atoms with Gasteiger partial charge in [-0.2, -0.15) is 17.0 Å². The number of nitrogens with one attached hydrogen (secondary N) is 4. The van der Waals surface area contributed by atoms with E-state index in [2.05, 4.69) is 48.8 Å². The third-order valence-electron chi connectivity index (χ3n) is 15.7. The second-order valence-electron chi connectivity index (χ2n) is 22.6. The van der Waals surface area contributed by atoms with E-state index in [4.69, 9.17) is 4.74 Å². The average molecular weight is 1380 g/mol. The van der Waals surface area contributed by atoms with Crippen molar-refractivity contribution in [2.24, 2.45) is 5.92 Å². The molecule has 1 aromatic heterocycles. The number of likely N-dealkylation sites (tertiary alicyclic amines) is 2. The molecule has 7 N–H and O–H groups in total. The Balaban J connectivity index is 0.984. The summed E-state index contributed by atoms with van der Waals surface area (Å²) in [7, 11) is 0. The number of hydrogen-bond acceptors (Lipinski definition) is 17. The number of benzene rings is 2.